The summed E-state index contributed by atoms with van der Waals surface area (Å²) in [5, 5.41) is 14.0. The van der Waals surface area contributed by atoms with E-state index in [1.165, 1.54) is 12.1 Å². The number of anilines is 1. The molecule has 2 rings (SSSR count). The normalized spacial score (nSPS) is 15.9. The molecule has 21 heavy (non-hydrogen) atoms. The van der Waals surface area contributed by atoms with Crippen molar-refractivity contribution in [2.75, 3.05) is 11.9 Å². The lowest BCUT2D eigenvalue weighted by molar-refractivity contribution is -0.141. The van der Waals surface area contributed by atoms with Crippen molar-refractivity contribution in [3.05, 3.63) is 28.5 Å². The monoisotopic (exact) mass is 358 g/mol. The van der Waals surface area contributed by atoms with Crippen molar-refractivity contribution in [3.8, 4) is 0 Å². The van der Waals surface area contributed by atoms with E-state index in [1.54, 1.807) is 6.07 Å². The average molecular weight is 359 g/mol. The van der Waals surface area contributed by atoms with Gasteiger partial charge in [-0.1, -0.05) is 12.5 Å². The van der Waals surface area contributed by atoms with Crippen LogP contribution in [0.15, 0.2) is 22.7 Å². The van der Waals surface area contributed by atoms with Gasteiger partial charge < -0.3 is 15.7 Å². The highest BCUT2D eigenvalue weighted by Crippen LogP contribution is 2.43. The molecule has 0 bridgehead atoms. The third-order valence-electron chi connectivity index (χ3n) is 3.77. The lowest BCUT2D eigenvalue weighted by atomic mass is 9.66. The zero-order valence-corrected chi connectivity index (χ0v) is 12.9. The van der Waals surface area contributed by atoms with Gasteiger partial charge in [0.05, 0.1) is 12.1 Å². The predicted octanol–water partition coefficient (Wildman–Crippen LogP) is 3.35. The van der Waals surface area contributed by atoms with Crippen molar-refractivity contribution < 1.29 is 19.1 Å². The third-order valence-corrected chi connectivity index (χ3v) is 4.43. The van der Waals surface area contributed by atoms with Crippen LogP contribution in [0.5, 0.6) is 0 Å². The number of hydrogen-bond donors (Lipinski definition) is 3. The Morgan fingerprint density at radius 2 is 2.10 bits per heavy atom. The van der Waals surface area contributed by atoms with E-state index in [9.17, 15) is 14.0 Å². The van der Waals surface area contributed by atoms with Crippen LogP contribution in [0, 0.1) is 11.2 Å². The van der Waals surface area contributed by atoms with Crippen molar-refractivity contribution in [1.82, 2.24) is 5.32 Å². The molecular weight excluding hydrogens is 343 g/mol. The Morgan fingerprint density at radius 3 is 2.62 bits per heavy atom. The van der Waals surface area contributed by atoms with Crippen LogP contribution in [-0.2, 0) is 4.79 Å². The van der Waals surface area contributed by atoms with Crippen LogP contribution in [0.4, 0.5) is 14.9 Å². The van der Waals surface area contributed by atoms with E-state index in [0.717, 1.165) is 19.3 Å². The van der Waals surface area contributed by atoms with Crippen molar-refractivity contribution in [2.45, 2.75) is 25.7 Å². The number of aliphatic carboxylic acids is 1. The molecule has 0 atom stereocenters. The van der Waals surface area contributed by atoms with E-state index in [2.05, 4.69) is 26.6 Å². The molecule has 0 aliphatic heterocycles. The number of carbonyl (C=O) groups is 2. The quantitative estimate of drug-likeness (QED) is 0.754. The standard InChI is InChI=1S/C14H16BrFN2O3/c15-9-3-1-4-10(16)12(9)18-13(21)17-8-14(5-2-6-14)7-11(19)20/h1,3-4H,2,5-8H2,(H,19,20)(H2,17,18,21). The summed E-state index contributed by atoms with van der Waals surface area (Å²) in [6, 6.07) is 3.85. The van der Waals surface area contributed by atoms with Gasteiger partial charge in [0.1, 0.15) is 5.82 Å². The number of nitrogens with one attached hydrogen (secondary N) is 2. The molecule has 1 aliphatic rings. The summed E-state index contributed by atoms with van der Waals surface area (Å²) in [6.07, 6.45) is 2.57. The van der Waals surface area contributed by atoms with E-state index in [4.69, 9.17) is 5.11 Å². The number of halogens is 2. The Hall–Kier alpha value is -1.63. The fourth-order valence-electron chi connectivity index (χ4n) is 2.46. The zero-order valence-electron chi connectivity index (χ0n) is 11.3. The number of carboxylic acid groups (broad SMARTS) is 1. The smallest absolute Gasteiger partial charge is 0.319 e. The molecule has 2 amide bonds. The summed E-state index contributed by atoms with van der Waals surface area (Å²) in [7, 11) is 0. The average Bonchev–Trinajstić information content (AvgIpc) is 2.36. The first-order chi connectivity index (χ1) is 9.92. The second-order valence-corrected chi connectivity index (χ2v) is 6.18. The number of amides is 2. The highest BCUT2D eigenvalue weighted by atomic mass is 79.9. The molecule has 1 aliphatic carbocycles. The summed E-state index contributed by atoms with van der Waals surface area (Å²) in [4.78, 5) is 22.7. The van der Waals surface area contributed by atoms with Gasteiger partial charge in [0.15, 0.2) is 0 Å². The van der Waals surface area contributed by atoms with Gasteiger partial charge in [-0.3, -0.25) is 4.79 Å². The van der Waals surface area contributed by atoms with Crippen molar-refractivity contribution in [1.29, 1.82) is 0 Å². The lowest BCUT2D eigenvalue weighted by Gasteiger charge is -2.40. The van der Waals surface area contributed by atoms with Crippen molar-refractivity contribution in [3.63, 3.8) is 0 Å². The number of hydrogen-bond acceptors (Lipinski definition) is 2. The third kappa shape index (κ3) is 3.93. The summed E-state index contributed by atoms with van der Waals surface area (Å²) >= 11 is 3.16. The van der Waals surface area contributed by atoms with Gasteiger partial charge >= 0.3 is 12.0 Å². The number of carboxylic acids is 1. The molecular formula is C14H16BrFN2O3. The second kappa shape index (κ2) is 6.43. The topological polar surface area (TPSA) is 78.4 Å². The van der Waals surface area contributed by atoms with Crippen LogP contribution in [0.3, 0.4) is 0 Å². The number of benzene rings is 1. The summed E-state index contributed by atoms with van der Waals surface area (Å²) in [6.45, 7) is 0.275. The molecule has 0 saturated heterocycles. The molecule has 7 heteroatoms. The van der Waals surface area contributed by atoms with Gasteiger partial charge in [-0.05, 0) is 46.3 Å². The van der Waals surface area contributed by atoms with Gasteiger partial charge in [-0.15, -0.1) is 0 Å². The molecule has 1 aromatic carbocycles. The van der Waals surface area contributed by atoms with Crippen LogP contribution >= 0.6 is 15.9 Å². The lowest BCUT2D eigenvalue weighted by Crippen LogP contribution is -2.44. The van der Waals surface area contributed by atoms with Crippen LogP contribution < -0.4 is 10.6 Å². The van der Waals surface area contributed by atoms with Crippen molar-refractivity contribution in [2.24, 2.45) is 5.41 Å². The molecule has 0 aromatic heterocycles. The maximum Gasteiger partial charge on any atom is 0.319 e. The molecule has 0 spiro atoms. The molecule has 1 saturated carbocycles. The van der Waals surface area contributed by atoms with E-state index in [1.807, 2.05) is 0 Å². The first kappa shape index (κ1) is 15.8. The maximum absolute atomic E-state index is 13.6. The summed E-state index contributed by atoms with van der Waals surface area (Å²) in [5.74, 6) is -1.41. The fourth-order valence-corrected chi connectivity index (χ4v) is 2.90. The first-order valence-electron chi connectivity index (χ1n) is 6.63. The largest absolute Gasteiger partial charge is 0.481 e. The van der Waals surface area contributed by atoms with E-state index in [-0.39, 0.29) is 24.1 Å². The summed E-state index contributed by atoms with van der Waals surface area (Å²) < 4.78 is 14.0. The van der Waals surface area contributed by atoms with Gasteiger partial charge in [0, 0.05) is 11.0 Å². The van der Waals surface area contributed by atoms with Crippen LogP contribution in [0.1, 0.15) is 25.7 Å². The predicted molar refractivity (Wildman–Crippen MR) is 79.7 cm³/mol. The Kier molecular flexibility index (Phi) is 4.82. The molecule has 5 nitrogen and oxygen atoms in total. The highest BCUT2D eigenvalue weighted by molar-refractivity contribution is 9.10. The number of carbonyl (C=O) groups excluding carboxylic acids is 1. The molecule has 3 N–H and O–H groups in total. The van der Waals surface area contributed by atoms with E-state index in [0.29, 0.717) is 4.47 Å². The molecule has 114 valence electrons. The number of para-hydroxylation sites is 1. The second-order valence-electron chi connectivity index (χ2n) is 5.33. The van der Waals surface area contributed by atoms with Gasteiger partial charge in [0.2, 0.25) is 0 Å². The van der Waals surface area contributed by atoms with Crippen LogP contribution in [0.2, 0.25) is 0 Å². The first-order valence-corrected chi connectivity index (χ1v) is 7.42. The van der Waals surface area contributed by atoms with Crippen LogP contribution in [0.25, 0.3) is 0 Å². The minimum absolute atomic E-state index is 0.0384. The van der Waals surface area contributed by atoms with Gasteiger partial charge in [-0.25, -0.2) is 9.18 Å². The Bertz CT molecular complexity index is 541. The van der Waals surface area contributed by atoms with Gasteiger partial charge in [-0.2, -0.15) is 0 Å². The maximum atomic E-state index is 13.6. The zero-order chi connectivity index (χ0) is 15.5. The minimum Gasteiger partial charge on any atom is -0.481 e. The molecule has 0 radical (unpaired) electrons. The van der Waals surface area contributed by atoms with E-state index < -0.39 is 17.8 Å². The molecule has 1 fully saturated rings. The Labute approximate surface area is 130 Å². The SMILES string of the molecule is O=C(O)CC1(CNC(=O)Nc2c(F)cccc2Br)CCC1. The van der Waals surface area contributed by atoms with Crippen molar-refractivity contribution >= 4 is 33.6 Å². The Morgan fingerprint density at radius 1 is 1.38 bits per heavy atom. The van der Waals surface area contributed by atoms with E-state index >= 15 is 0 Å². The number of urea groups is 1. The van der Waals surface area contributed by atoms with Crippen LogP contribution in [-0.4, -0.2) is 23.7 Å². The minimum atomic E-state index is -0.867. The summed E-state index contributed by atoms with van der Waals surface area (Å²) in [5.41, 5.74) is -0.300. The Balaban J connectivity index is 1.92. The molecule has 1 aromatic rings. The van der Waals surface area contributed by atoms with Gasteiger partial charge in [0.25, 0.3) is 0 Å². The number of rotatable bonds is 5. The molecule has 0 unspecified atom stereocenters. The molecule has 0 heterocycles. The highest BCUT2D eigenvalue weighted by Gasteiger charge is 2.39. The fraction of sp³-hybridized carbons (Fsp3) is 0.429.